The highest BCUT2D eigenvalue weighted by Crippen LogP contribution is 2.31. The van der Waals surface area contributed by atoms with Gasteiger partial charge in [0, 0.05) is 17.1 Å². The van der Waals surface area contributed by atoms with E-state index in [9.17, 15) is 13.6 Å². The molecule has 2 aromatic rings. The fraction of sp³-hybridized carbons (Fsp3) is 0.357. The third-order valence-electron chi connectivity index (χ3n) is 2.45. The van der Waals surface area contributed by atoms with Crippen molar-refractivity contribution in [3.05, 3.63) is 34.4 Å². The molecule has 0 aromatic carbocycles. The van der Waals surface area contributed by atoms with Gasteiger partial charge in [-0.3, -0.25) is 0 Å². The second-order valence-corrected chi connectivity index (χ2v) is 6.40. The molecular formula is C14H15F2N3O2S. The van der Waals surface area contributed by atoms with Gasteiger partial charge in [0.05, 0.1) is 11.8 Å². The molecule has 0 radical (unpaired) electrons. The van der Waals surface area contributed by atoms with Gasteiger partial charge in [0.2, 0.25) is 5.01 Å². The monoisotopic (exact) mass is 327 g/mol. The topological polar surface area (TPSA) is 64.1 Å². The van der Waals surface area contributed by atoms with Gasteiger partial charge in [-0.05, 0) is 26.8 Å². The highest BCUT2D eigenvalue weighted by atomic mass is 32.1. The standard InChI is InChI=1S/C14H15F2N3O2S/c1-14(2,3)19-10-6-8(11(15)16)9(7-18-10)21-13(20)12-17-4-5-22-12/h4-7,11H,1-3H3,(H,18,19). The summed E-state index contributed by atoms with van der Waals surface area (Å²) < 4.78 is 31.3. The maximum atomic E-state index is 13.2. The molecule has 2 aromatic heterocycles. The van der Waals surface area contributed by atoms with Gasteiger partial charge >= 0.3 is 5.97 Å². The van der Waals surface area contributed by atoms with Crippen LogP contribution in [0.2, 0.25) is 0 Å². The number of alkyl halides is 2. The average Bonchev–Trinajstić information content (AvgIpc) is 2.92. The molecule has 22 heavy (non-hydrogen) atoms. The number of anilines is 1. The van der Waals surface area contributed by atoms with Gasteiger partial charge in [0.1, 0.15) is 5.82 Å². The number of carbonyl (C=O) groups is 1. The molecule has 0 amide bonds. The molecule has 118 valence electrons. The van der Waals surface area contributed by atoms with E-state index in [1.165, 1.54) is 12.3 Å². The van der Waals surface area contributed by atoms with Gasteiger partial charge in [-0.25, -0.2) is 23.5 Å². The highest BCUT2D eigenvalue weighted by Gasteiger charge is 2.21. The molecule has 0 saturated heterocycles. The highest BCUT2D eigenvalue weighted by molar-refractivity contribution is 7.11. The molecule has 5 nitrogen and oxygen atoms in total. The van der Waals surface area contributed by atoms with E-state index in [1.807, 2.05) is 20.8 Å². The molecule has 0 fully saturated rings. The summed E-state index contributed by atoms with van der Waals surface area (Å²) in [5, 5.41) is 4.68. The van der Waals surface area contributed by atoms with Crippen molar-refractivity contribution in [3.63, 3.8) is 0 Å². The van der Waals surface area contributed by atoms with E-state index >= 15 is 0 Å². The molecule has 8 heteroatoms. The number of rotatable bonds is 4. The Labute approximate surface area is 130 Å². The summed E-state index contributed by atoms with van der Waals surface area (Å²) in [4.78, 5) is 19.6. The van der Waals surface area contributed by atoms with Crippen LogP contribution in [0.4, 0.5) is 14.6 Å². The molecule has 0 aliphatic carbocycles. The largest absolute Gasteiger partial charge is 0.419 e. The summed E-state index contributed by atoms with van der Waals surface area (Å²) in [5.74, 6) is -0.762. The summed E-state index contributed by atoms with van der Waals surface area (Å²) in [5.41, 5.74) is -0.725. The number of hydrogen-bond acceptors (Lipinski definition) is 6. The zero-order valence-electron chi connectivity index (χ0n) is 12.3. The van der Waals surface area contributed by atoms with Crippen LogP contribution in [0.1, 0.15) is 42.6 Å². The lowest BCUT2D eigenvalue weighted by atomic mass is 10.1. The van der Waals surface area contributed by atoms with E-state index in [-0.39, 0.29) is 22.1 Å². The summed E-state index contributed by atoms with van der Waals surface area (Å²) in [6.07, 6.45) is -0.243. The lowest BCUT2D eigenvalue weighted by Crippen LogP contribution is -2.26. The number of pyridine rings is 1. The molecule has 0 bridgehead atoms. The van der Waals surface area contributed by atoms with E-state index in [0.29, 0.717) is 0 Å². The van der Waals surface area contributed by atoms with E-state index in [4.69, 9.17) is 4.74 Å². The van der Waals surface area contributed by atoms with Crippen molar-refractivity contribution < 1.29 is 18.3 Å². The Hall–Kier alpha value is -2.09. The van der Waals surface area contributed by atoms with Crippen LogP contribution in [0.25, 0.3) is 0 Å². The van der Waals surface area contributed by atoms with E-state index in [0.717, 1.165) is 17.5 Å². The first-order chi connectivity index (χ1) is 10.3. The van der Waals surface area contributed by atoms with Crippen molar-refractivity contribution in [3.8, 4) is 5.75 Å². The van der Waals surface area contributed by atoms with E-state index in [2.05, 4.69) is 15.3 Å². The molecule has 2 heterocycles. The summed E-state index contributed by atoms with van der Waals surface area (Å²) in [7, 11) is 0. The molecule has 0 aliphatic rings. The van der Waals surface area contributed by atoms with Gasteiger partial charge < -0.3 is 10.1 Å². The first-order valence-electron chi connectivity index (χ1n) is 6.44. The first kappa shape index (κ1) is 16.3. The summed E-state index contributed by atoms with van der Waals surface area (Å²) >= 11 is 1.07. The number of nitrogens with one attached hydrogen (secondary N) is 1. The van der Waals surface area contributed by atoms with E-state index in [1.54, 1.807) is 5.38 Å². The van der Waals surface area contributed by atoms with Crippen LogP contribution in [0.5, 0.6) is 5.75 Å². The smallest absolute Gasteiger partial charge is 0.372 e. The van der Waals surface area contributed by atoms with E-state index < -0.39 is 18.0 Å². The summed E-state index contributed by atoms with van der Waals surface area (Å²) in [6, 6.07) is 1.18. The molecule has 0 unspecified atom stereocenters. The number of esters is 1. The van der Waals surface area contributed by atoms with Crippen LogP contribution in [-0.4, -0.2) is 21.5 Å². The SMILES string of the molecule is CC(C)(C)Nc1cc(C(F)F)c(OC(=O)c2nccs2)cn1. The Morgan fingerprint density at radius 1 is 1.36 bits per heavy atom. The minimum absolute atomic E-state index is 0.0945. The zero-order chi connectivity index (χ0) is 16.3. The van der Waals surface area contributed by atoms with Crippen molar-refractivity contribution >= 4 is 23.1 Å². The Morgan fingerprint density at radius 2 is 2.09 bits per heavy atom. The van der Waals surface area contributed by atoms with Crippen LogP contribution >= 0.6 is 11.3 Å². The third kappa shape index (κ3) is 4.20. The number of halogens is 2. The minimum Gasteiger partial charge on any atom is -0.419 e. The molecule has 1 N–H and O–H groups in total. The van der Waals surface area contributed by atoms with Crippen molar-refractivity contribution in [2.75, 3.05) is 5.32 Å². The van der Waals surface area contributed by atoms with Crippen molar-refractivity contribution in [1.29, 1.82) is 0 Å². The third-order valence-corrected chi connectivity index (χ3v) is 3.20. The summed E-state index contributed by atoms with van der Waals surface area (Å²) in [6.45, 7) is 5.65. The van der Waals surface area contributed by atoms with Gasteiger partial charge in [0.15, 0.2) is 5.75 Å². The number of thiazole rings is 1. The zero-order valence-corrected chi connectivity index (χ0v) is 13.1. The van der Waals surface area contributed by atoms with Crippen molar-refractivity contribution in [1.82, 2.24) is 9.97 Å². The average molecular weight is 327 g/mol. The maximum Gasteiger partial charge on any atom is 0.372 e. The van der Waals surface area contributed by atoms with Gasteiger partial charge in [-0.2, -0.15) is 0 Å². The fourth-order valence-electron chi connectivity index (χ4n) is 1.63. The van der Waals surface area contributed by atoms with Crippen LogP contribution in [0.15, 0.2) is 23.8 Å². The van der Waals surface area contributed by atoms with Gasteiger partial charge in [-0.15, -0.1) is 11.3 Å². The van der Waals surface area contributed by atoms with Crippen molar-refractivity contribution in [2.45, 2.75) is 32.7 Å². The van der Waals surface area contributed by atoms with Crippen molar-refractivity contribution in [2.24, 2.45) is 0 Å². The molecule has 0 spiro atoms. The Bertz CT molecular complexity index is 655. The van der Waals surface area contributed by atoms with Crippen LogP contribution in [0, 0.1) is 0 Å². The maximum absolute atomic E-state index is 13.2. The molecule has 0 atom stereocenters. The van der Waals surface area contributed by atoms with Gasteiger partial charge in [-0.1, -0.05) is 0 Å². The second kappa shape index (κ2) is 6.35. The Balaban J connectivity index is 2.25. The predicted octanol–water partition coefficient (Wildman–Crippen LogP) is 3.91. The minimum atomic E-state index is -2.79. The van der Waals surface area contributed by atoms with Crippen LogP contribution < -0.4 is 10.1 Å². The van der Waals surface area contributed by atoms with Crippen LogP contribution in [-0.2, 0) is 0 Å². The molecule has 0 saturated carbocycles. The first-order valence-corrected chi connectivity index (χ1v) is 7.32. The number of carbonyl (C=O) groups excluding carboxylic acids is 1. The predicted molar refractivity (Wildman–Crippen MR) is 79.6 cm³/mol. The lowest BCUT2D eigenvalue weighted by Gasteiger charge is -2.22. The Morgan fingerprint density at radius 3 is 2.64 bits per heavy atom. The molecule has 2 rings (SSSR count). The number of ether oxygens (including phenoxy) is 1. The Kier molecular flexibility index (Phi) is 4.70. The van der Waals surface area contributed by atoms with Gasteiger partial charge in [0.25, 0.3) is 6.43 Å². The fourth-order valence-corrected chi connectivity index (χ4v) is 2.14. The second-order valence-electron chi connectivity index (χ2n) is 5.51. The molecular weight excluding hydrogens is 312 g/mol. The number of hydrogen-bond donors (Lipinski definition) is 1. The number of nitrogens with zero attached hydrogens (tertiary/aromatic N) is 2. The number of aromatic nitrogens is 2. The quantitative estimate of drug-likeness (QED) is 0.863. The normalized spacial score (nSPS) is 11.5. The van der Waals surface area contributed by atoms with Crippen LogP contribution in [0.3, 0.4) is 0 Å². The molecule has 0 aliphatic heterocycles. The lowest BCUT2D eigenvalue weighted by molar-refractivity contribution is 0.0722.